The first-order valence-electron chi connectivity index (χ1n) is 9.51. The Kier molecular flexibility index (Phi) is 6.74. The monoisotopic (exact) mass is 424 g/mol. The Balaban J connectivity index is 1.59. The number of sulfonamides is 1. The first-order chi connectivity index (χ1) is 14.3. The molecule has 3 aromatic carbocycles. The number of hydrogen-bond donors (Lipinski definition) is 2. The molecule has 0 fully saturated rings. The number of benzene rings is 3. The summed E-state index contributed by atoms with van der Waals surface area (Å²) in [4.78, 5) is 12.5. The van der Waals surface area contributed by atoms with E-state index >= 15 is 0 Å². The highest BCUT2D eigenvalue weighted by atomic mass is 32.2. The van der Waals surface area contributed by atoms with Crippen molar-refractivity contribution in [1.29, 1.82) is 0 Å². The number of anilines is 1. The van der Waals surface area contributed by atoms with Crippen LogP contribution in [0.25, 0.3) is 0 Å². The Morgan fingerprint density at radius 2 is 1.63 bits per heavy atom. The molecule has 30 heavy (non-hydrogen) atoms. The van der Waals surface area contributed by atoms with E-state index in [2.05, 4.69) is 10.0 Å². The second-order valence-electron chi connectivity index (χ2n) is 6.87. The molecule has 0 aromatic heterocycles. The van der Waals surface area contributed by atoms with Gasteiger partial charge in [-0.3, -0.25) is 9.52 Å². The highest BCUT2D eigenvalue weighted by molar-refractivity contribution is 7.92. The number of amides is 1. The van der Waals surface area contributed by atoms with E-state index in [1.807, 2.05) is 37.3 Å². The highest BCUT2D eigenvalue weighted by Crippen LogP contribution is 2.21. The van der Waals surface area contributed by atoms with Crippen LogP contribution < -0.4 is 14.8 Å². The Bertz CT molecular complexity index is 1110. The predicted molar refractivity (Wildman–Crippen MR) is 117 cm³/mol. The molecule has 0 saturated heterocycles. The largest absolute Gasteiger partial charge is 0.492 e. The minimum absolute atomic E-state index is 0.188. The maximum atomic E-state index is 12.6. The summed E-state index contributed by atoms with van der Waals surface area (Å²) in [5.41, 5.74) is 2.51. The van der Waals surface area contributed by atoms with Gasteiger partial charge >= 0.3 is 0 Å². The lowest BCUT2D eigenvalue weighted by Gasteiger charge is -2.12. The van der Waals surface area contributed by atoms with Gasteiger partial charge in [0.25, 0.3) is 15.9 Å². The van der Waals surface area contributed by atoms with Gasteiger partial charge in [0.1, 0.15) is 12.4 Å². The lowest BCUT2D eigenvalue weighted by atomic mass is 10.1. The zero-order chi connectivity index (χ0) is 21.6. The van der Waals surface area contributed by atoms with E-state index < -0.39 is 10.0 Å². The van der Waals surface area contributed by atoms with E-state index in [1.165, 1.54) is 0 Å². The molecule has 6 nitrogen and oxygen atoms in total. The fourth-order valence-electron chi connectivity index (χ4n) is 2.79. The Morgan fingerprint density at radius 1 is 0.933 bits per heavy atom. The molecule has 0 radical (unpaired) electrons. The number of aryl methyl sites for hydroxylation is 2. The van der Waals surface area contributed by atoms with E-state index in [0.29, 0.717) is 30.0 Å². The van der Waals surface area contributed by atoms with Crippen LogP contribution in [0.4, 0.5) is 5.69 Å². The third kappa shape index (κ3) is 5.61. The topological polar surface area (TPSA) is 84.5 Å². The molecule has 7 heteroatoms. The van der Waals surface area contributed by atoms with Crippen molar-refractivity contribution in [3.8, 4) is 5.75 Å². The number of rotatable bonds is 8. The second-order valence-corrected chi connectivity index (χ2v) is 8.55. The van der Waals surface area contributed by atoms with Crippen molar-refractivity contribution in [2.75, 3.05) is 17.9 Å². The molecule has 0 saturated carbocycles. The molecule has 0 atom stereocenters. The molecule has 2 N–H and O–H groups in total. The molecule has 0 aliphatic rings. The average Bonchev–Trinajstić information content (AvgIpc) is 2.73. The number of carbonyl (C=O) groups is 1. The van der Waals surface area contributed by atoms with Crippen molar-refractivity contribution in [3.63, 3.8) is 0 Å². The summed E-state index contributed by atoms with van der Waals surface area (Å²) in [6, 6.07) is 20.8. The summed E-state index contributed by atoms with van der Waals surface area (Å²) < 4.78 is 33.3. The van der Waals surface area contributed by atoms with Crippen molar-refractivity contribution >= 4 is 21.6 Å². The molecule has 0 heterocycles. The zero-order valence-electron chi connectivity index (χ0n) is 16.9. The van der Waals surface area contributed by atoms with Crippen LogP contribution in [0, 0.1) is 13.8 Å². The minimum Gasteiger partial charge on any atom is -0.492 e. The van der Waals surface area contributed by atoms with Gasteiger partial charge in [-0.05, 0) is 61.9 Å². The summed E-state index contributed by atoms with van der Waals surface area (Å²) in [5.74, 6) is 0.496. The summed E-state index contributed by atoms with van der Waals surface area (Å²) in [7, 11) is -3.70. The number of para-hydroxylation sites is 1. The smallest absolute Gasteiger partial charge is 0.261 e. The van der Waals surface area contributed by atoms with Crippen molar-refractivity contribution in [3.05, 3.63) is 89.5 Å². The molecule has 0 unspecified atom stereocenters. The molecule has 0 spiro atoms. The third-order valence-electron chi connectivity index (χ3n) is 4.46. The SMILES string of the molecule is Cc1ccc(S(=O)(=O)Nc2ccc(C(=O)NCCOc3ccccc3)cc2C)cc1. The van der Waals surface area contributed by atoms with Gasteiger partial charge in [0.05, 0.1) is 17.1 Å². The second kappa shape index (κ2) is 9.45. The molecular formula is C23H24N2O4S. The minimum atomic E-state index is -3.70. The summed E-state index contributed by atoms with van der Waals surface area (Å²) >= 11 is 0. The third-order valence-corrected chi connectivity index (χ3v) is 5.85. The van der Waals surface area contributed by atoms with Crippen molar-refractivity contribution in [2.24, 2.45) is 0 Å². The van der Waals surface area contributed by atoms with Crippen LogP contribution in [-0.2, 0) is 10.0 Å². The molecule has 156 valence electrons. The lowest BCUT2D eigenvalue weighted by molar-refractivity contribution is 0.0947. The highest BCUT2D eigenvalue weighted by Gasteiger charge is 2.16. The van der Waals surface area contributed by atoms with Crippen LogP contribution in [0.3, 0.4) is 0 Å². The van der Waals surface area contributed by atoms with Gasteiger partial charge in [0.15, 0.2) is 0 Å². The zero-order valence-corrected chi connectivity index (χ0v) is 17.7. The van der Waals surface area contributed by atoms with Gasteiger partial charge in [-0.25, -0.2) is 8.42 Å². The van der Waals surface area contributed by atoms with Crippen molar-refractivity contribution < 1.29 is 17.9 Å². The summed E-state index contributed by atoms with van der Waals surface area (Å²) in [6.07, 6.45) is 0. The maximum absolute atomic E-state index is 12.6. The van der Waals surface area contributed by atoms with Crippen LogP contribution >= 0.6 is 0 Å². The van der Waals surface area contributed by atoms with Gasteiger partial charge in [-0.15, -0.1) is 0 Å². The van der Waals surface area contributed by atoms with E-state index in [0.717, 1.165) is 11.3 Å². The molecule has 0 bridgehead atoms. The van der Waals surface area contributed by atoms with E-state index in [4.69, 9.17) is 4.74 Å². The Morgan fingerprint density at radius 3 is 2.30 bits per heavy atom. The standard InChI is InChI=1S/C23H24N2O4S/c1-17-8-11-21(12-9-17)30(27,28)25-22-13-10-19(16-18(22)2)23(26)24-14-15-29-20-6-4-3-5-7-20/h3-13,16,25H,14-15H2,1-2H3,(H,24,26). The summed E-state index contributed by atoms with van der Waals surface area (Å²) in [5, 5.41) is 2.79. The number of hydrogen-bond acceptors (Lipinski definition) is 4. The number of nitrogens with one attached hydrogen (secondary N) is 2. The normalized spacial score (nSPS) is 11.0. The average molecular weight is 425 g/mol. The van der Waals surface area contributed by atoms with Crippen LogP contribution in [0.5, 0.6) is 5.75 Å². The molecule has 3 rings (SSSR count). The fraction of sp³-hybridized carbons (Fsp3) is 0.174. The van der Waals surface area contributed by atoms with Gasteiger partial charge < -0.3 is 10.1 Å². The van der Waals surface area contributed by atoms with Gasteiger partial charge in [0.2, 0.25) is 0 Å². The quantitative estimate of drug-likeness (QED) is 0.537. The number of carbonyl (C=O) groups excluding carboxylic acids is 1. The lowest BCUT2D eigenvalue weighted by Crippen LogP contribution is -2.28. The van der Waals surface area contributed by atoms with Gasteiger partial charge in [0, 0.05) is 5.56 Å². The Labute approximate surface area is 177 Å². The number of ether oxygens (including phenoxy) is 1. The molecule has 0 aliphatic heterocycles. The fourth-order valence-corrected chi connectivity index (χ4v) is 3.92. The maximum Gasteiger partial charge on any atom is 0.261 e. The van der Waals surface area contributed by atoms with Crippen LogP contribution in [0.15, 0.2) is 77.7 Å². The Hall–Kier alpha value is -3.32. The van der Waals surface area contributed by atoms with Crippen LogP contribution in [-0.4, -0.2) is 27.5 Å². The summed E-state index contributed by atoms with van der Waals surface area (Å²) in [6.45, 7) is 4.35. The van der Waals surface area contributed by atoms with Gasteiger partial charge in [-0.2, -0.15) is 0 Å². The van der Waals surface area contributed by atoms with Gasteiger partial charge in [-0.1, -0.05) is 35.9 Å². The van der Waals surface area contributed by atoms with Crippen LogP contribution in [0.1, 0.15) is 21.5 Å². The molecular weight excluding hydrogens is 400 g/mol. The first kappa shape index (κ1) is 21.4. The molecule has 1 amide bonds. The van der Waals surface area contributed by atoms with E-state index in [9.17, 15) is 13.2 Å². The molecule has 3 aromatic rings. The molecule has 0 aliphatic carbocycles. The van der Waals surface area contributed by atoms with Crippen molar-refractivity contribution in [2.45, 2.75) is 18.7 Å². The first-order valence-corrected chi connectivity index (χ1v) is 11.0. The van der Waals surface area contributed by atoms with Crippen LogP contribution in [0.2, 0.25) is 0 Å². The predicted octanol–water partition coefficient (Wildman–Crippen LogP) is 3.91. The van der Waals surface area contributed by atoms with Crippen molar-refractivity contribution in [1.82, 2.24) is 5.32 Å². The van der Waals surface area contributed by atoms with E-state index in [-0.39, 0.29) is 10.8 Å². The van der Waals surface area contributed by atoms with E-state index in [1.54, 1.807) is 49.4 Å².